The van der Waals surface area contributed by atoms with E-state index in [1.54, 1.807) is 56.6 Å². The van der Waals surface area contributed by atoms with Gasteiger partial charge in [0, 0.05) is 25.2 Å². The molecule has 38 heavy (non-hydrogen) atoms. The molecule has 2 heterocycles. The van der Waals surface area contributed by atoms with Gasteiger partial charge in [-0.05, 0) is 73.0 Å². The summed E-state index contributed by atoms with van der Waals surface area (Å²) in [6, 6.07) is 15.8. The fourth-order valence-electron chi connectivity index (χ4n) is 4.46. The van der Waals surface area contributed by atoms with Crippen molar-refractivity contribution in [2.45, 2.75) is 30.8 Å². The standard InChI is InChI=1S/C28H25F2N3O4S/c1-18-4-3-5-22(14-18)38(35,36)33-17-21(8-10-27(34)25-12-13-32(2)31-25)37-28-11-6-19(15-26(28)33)23-16-20(29)7-9-24(23)30/h3-7,9,11-16,21H,8,10,17H2,1-2H3/t21-/m0/s1. The molecule has 7 nitrogen and oxygen atoms in total. The van der Waals surface area contributed by atoms with Gasteiger partial charge in [-0.3, -0.25) is 13.8 Å². The fraction of sp³-hybridized carbons (Fsp3) is 0.214. The van der Waals surface area contributed by atoms with Gasteiger partial charge in [0.25, 0.3) is 10.0 Å². The minimum Gasteiger partial charge on any atom is -0.486 e. The van der Waals surface area contributed by atoms with Crippen LogP contribution in [0.2, 0.25) is 0 Å². The number of halogens is 2. The van der Waals surface area contributed by atoms with E-state index in [0.717, 1.165) is 23.8 Å². The van der Waals surface area contributed by atoms with Crippen molar-refractivity contribution in [2.75, 3.05) is 10.8 Å². The number of carbonyl (C=O) groups is 1. The van der Waals surface area contributed by atoms with E-state index in [2.05, 4.69) is 5.10 Å². The highest BCUT2D eigenvalue weighted by atomic mass is 32.2. The molecule has 0 fully saturated rings. The summed E-state index contributed by atoms with van der Waals surface area (Å²) < 4.78 is 65.0. The summed E-state index contributed by atoms with van der Waals surface area (Å²) in [5.41, 5.74) is 1.61. The quantitative estimate of drug-likeness (QED) is 0.299. The Balaban J connectivity index is 1.52. The van der Waals surface area contributed by atoms with Crippen LogP contribution in [0.15, 0.2) is 77.8 Å². The average Bonchev–Trinajstić information content (AvgIpc) is 3.34. The van der Waals surface area contributed by atoms with Crippen LogP contribution >= 0.6 is 0 Å². The molecule has 196 valence electrons. The minimum absolute atomic E-state index is 0.00350. The Morgan fingerprint density at radius 3 is 2.63 bits per heavy atom. The number of fused-ring (bicyclic) bond motifs is 1. The van der Waals surface area contributed by atoms with E-state index < -0.39 is 27.8 Å². The number of nitrogens with zero attached hydrogens (tertiary/aromatic N) is 3. The predicted molar refractivity (Wildman–Crippen MR) is 139 cm³/mol. The van der Waals surface area contributed by atoms with E-state index in [1.807, 2.05) is 0 Å². The molecular weight excluding hydrogens is 512 g/mol. The third-order valence-electron chi connectivity index (χ3n) is 6.40. The molecule has 0 radical (unpaired) electrons. The second kappa shape index (κ2) is 10.0. The topological polar surface area (TPSA) is 81.5 Å². The van der Waals surface area contributed by atoms with Gasteiger partial charge < -0.3 is 4.74 Å². The zero-order valence-corrected chi connectivity index (χ0v) is 21.6. The van der Waals surface area contributed by atoms with E-state index in [4.69, 9.17) is 4.74 Å². The monoisotopic (exact) mass is 537 g/mol. The molecule has 0 aliphatic carbocycles. The Bertz CT molecular complexity index is 1630. The summed E-state index contributed by atoms with van der Waals surface area (Å²) in [7, 11) is -2.33. The minimum atomic E-state index is -4.05. The maximum absolute atomic E-state index is 14.5. The fourth-order valence-corrected chi connectivity index (χ4v) is 6.07. The molecule has 0 saturated heterocycles. The molecule has 0 saturated carbocycles. The molecule has 0 amide bonds. The summed E-state index contributed by atoms with van der Waals surface area (Å²) in [5, 5.41) is 4.13. The van der Waals surface area contributed by atoms with E-state index in [-0.39, 0.29) is 47.1 Å². The predicted octanol–water partition coefficient (Wildman–Crippen LogP) is 5.29. The second-order valence-corrected chi connectivity index (χ2v) is 11.1. The lowest BCUT2D eigenvalue weighted by molar-refractivity contribution is 0.0948. The summed E-state index contributed by atoms with van der Waals surface area (Å²) in [6.07, 6.45) is 1.43. The van der Waals surface area contributed by atoms with Crippen LogP contribution in [0.4, 0.5) is 14.5 Å². The van der Waals surface area contributed by atoms with Crippen LogP contribution < -0.4 is 9.04 Å². The van der Waals surface area contributed by atoms with E-state index in [1.165, 1.54) is 21.1 Å². The molecular formula is C28H25F2N3O4S. The number of hydrogen-bond acceptors (Lipinski definition) is 5. The number of sulfonamides is 1. The maximum Gasteiger partial charge on any atom is 0.264 e. The highest BCUT2D eigenvalue weighted by molar-refractivity contribution is 7.92. The van der Waals surface area contributed by atoms with Crippen molar-refractivity contribution in [3.8, 4) is 16.9 Å². The van der Waals surface area contributed by atoms with Gasteiger partial charge in [0.05, 0.1) is 17.1 Å². The lowest BCUT2D eigenvalue weighted by Crippen LogP contribution is -2.43. The smallest absolute Gasteiger partial charge is 0.264 e. The SMILES string of the molecule is Cc1cccc(S(=O)(=O)N2C[C@H](CCC(=O)c3ccn(C)n3)Oc3ccc(-c4cc(F)ccc4F)cc32)c1. The molecule has 0 unspecified atom stereocenters. The van der Waals surface area contributed by atoms with Gasteiger partial charge in [-0.15, -0.1) is 0 Å². The molecule has 1 aliphatic heterocycles. The third kappa shape index (κ3) is 5.04. The Morgan fingerprint density at radius 1 is 1.08 bits per heavy atom. The molecule has 4 aromatic rings. The number of carbonyl (C=O) groups excluding carboxylic acids is 1. The van der Waals surface area contributed by atoms with Crippen LogP contribution in [0.5, 0.6) is 5.75 Å². The molecule has 1 aliphatic rings. The van der Waals surface area contributed by atoms with Crippen LogP contribution in [0.25, 0.3) is 11.1 Å². The maximum atomic E-state index is 14.5. The van der Waals surface area contributed by atoms with Crippen molar-refractivity contribution < 1.29 is 26.7 Å². The number of aromatic nitrogens is 2. The number of ether oxygens (including phenoxy) is 1. The Kier molecular flexibility index (Phi) is 6.75. The molecule has 3 aromatic carbocycles. The Morgan fingerprint density at radius 2 is 1.89 bits per heavy atom. The first-order valence-electron chi connectivity index (χ1n) is 12.0. The zero-order chi connectivity index (χ0) is 27.0. The van der Waals surface area contributed by atoms with Crippen molar-refractivity contribution in [1.29, 1.82) is 0 Å². The first-order chi connectivity index (χ1) is 18.1. The number of aryl methyl sites for hydroxylation is 2. The van der Waals surface area contributed by atoms with Gasteiger partial charge in [-0.1, -0.05) is 18.2 Å². The number of ketones is 1. The van der Waals surface area contributed by atoms with Crippen molar-refractivity contribution in [3.63, 3.8) is 0 Å². The van der Waals surface area contributed by atoms with Gasteiger partial charge in [0.1, 0.15) is 29.2 Å². The average molecular weight is 538 g/mol. The summed E-state index contributed by atoms with van der Waals surface area (Å²) in [6.45, 7) is 1.73. The molecule has 0 bridgehead atoms. The Hall–Kier alpha value is -4.05. The molecule has 5 rings (SSSR count). The molecule has 0 spiro atoms. The van der Waals surface area contributed by atoms with Crippen molar-refractivity contribution >= 4 is 21.5 Å². The van der Waals surface area contributed by atoms with Crippen molar-refractivity contribution in [2.24, 2.45) is 7.05 Å². The number of hydrogen-bond donors (Lipinski definition) is 0. The molecule has 1 aromatic heterocycles. The number of anilines is 1. The molecule has 10 heteroatoms. The van der Waals surface area contributed by atoms with Crippen LogP contribution in [0.1, 0.15) is 28.9 Å². The number of benzene rings is 3. The number of Topliss-reactive ketones (excluding diaryl/α,β-unsaturated/α-hetero) is 1. The largest absolute Gasteiger partial charge is 0.486 e. The van der Waals surface area contributed by atoms with Crippen molar-refractivity contribution in [3.05, 3.63) is 95.8 Å². The number of rotatable bonds is 7. The summed E-state index contributed by atoms with van der Waals surface area (Å²) >= 11 is 0. The first kappa shape index (κ1) is 25.6. The van der Waals surface area contributed by atoms with Gasteiger partial charge in [0.15, 0.2) is 5.78 Å². The summed E-state index contributed by atoms with van der Waals surface area (Å²) in [4.78, 5) is 12.7. The zero-order valence-electron chi connectivity index (χ0n) is 20.8. The van der Waals surface area contributed by atoms with Gasteiger partial charge >= 0.3 is 0 Å². The van der Waals surface area contributed by atoms with Crippen LogP contribution in [-0.4, -0.2) is 36.6 Å². The van der Waals surface area contributed by atoms with E-state index >= 15 is 0 Å². The summed E-state index contributed by atoms with van der Waals surface area (Å²) in [5.74, 6) is -1.16. The first-order valence-corrected chi connectivity index (χ1v) is 13.4. The van der Waals surface area contributed by atoms with Gasteiger partial charge in [-0.2, -0.15) is 5.10 Å². The second-order valence-electron chi connectivity index (χ2n) is 9.24. The lowest BCUT2D eigenvalue weighted by Gasteiger charge is -2.36. The van der Waals surface area contributed by atoms with Gasteiger partial charge in [-0.25, -0.2) is 17.2 Å². The van der Waals surface area contributed by atoms with Gasteiger partial charge in [0.2, 0.25) is 0 Å². The third-order valence-corrected chi connectivity index (χ3v) is 8.18. The normalized spacial score (nSPS) is 15.2. The van der Waals surface area contributed by atoms with Crippen LogP contribution in [-0.2, 0) is 17.1 Å². The Labute approximate surface area is 219 Å². The molecule has 0 N–H and O–H groups in total. The molecule has 1 atom stereocenters. The van der Waals surface area contributed by atoms with Crippen molar-refractivity contribution in [1.82, 2.24) is 9.78 Å². The van der Waals surface area contributed by atoms with E-state index in [0.29, 0.717) is 11.3 Å². The van der Waals surface area contributed by atoms with E-state index in [9.17, 15) is 22.0 Å². The lowest BCUT2D eigenvalue weighted by atomic mass is 10.0. The van der Waals surface area contributed by atoms with Crippen LogP contribution in [0.3, 0.4) is 0 Å². The van der Waals surface area contributed by atoms with Crippen LogP contribution in [0, 0.1) is 18.6 Å². The highest BCUT2D eigenvalue weighted by Crippen LogP contribution is 2.41. The highest BCUT2D eigenvalue weighted by Gasteiger charge is 2.35.